The molecule has 0 saturated heterocycles. The summed E-state index contributed by atoms with van der Waals surface area (Å²) >= 11 is 10.3. The SMILES string of the molecule is C/C=C(C1=CSC(Br)C1O)\C(=C/CC)OCCCCOc1ccccc1-c1csc(Br)c1OCOCC. The highest BCUT2D eigenvalue weighted by molar-refractivity contribution is 9.11. The van der Waals surface area contributed by atoms with Gasteiger partial charge in [-0.3, -0.25) is 0 Å². The van der Waals surface area contributed by atoms with Gasteiger partial charge in [-0.15, -0.1) is 23.1 Å². The summed E-state index contributed by atoms with van der Waals surface area (Å²) in [5.74, 6) is 2.41. The molecule has 1 N–H and O–H groups in total. The number of aliphatic hydroxyl groups excluding tert-OH is 1. The minimum atomic E-state index is -0.553. The van der Waals surface area contributed by atoms with Gasteiger partial charge < -0.3 is 24.1 Å². The number of benzene rings is 1. The first-order chi connectivity index (χ1) is 18.0. The maximum Gasteiger partial charge on any atom is 0.189 e. The van der Waals surface area contributed by atoms with Gasteiger partial charge in [0.25, 0.3) is 0 Å². The zero-order chi connectivity index (χ0) is 26.6. The predicted octanol–water partition coefficient (Wildman–Crippen LogP) is 8.68. The van der Waals surface area contributed by atoms with Crippen LogP contribution < -0.4 is 9.47 Å². The molecular weight excluding hydrogens is 640 g/mol. The van der Waals surface area contributed by atoms with E-state index in [4.69, 9.17) is 18.9 Å². The Bertz CT molecular complexity index is 1100. The largest absolute Gasteiger partial charge is 0.493 e. The third-order valence-corrected chi connectivity index (χ3v) is 9.29. The van der Waals surface area contributed by atoms with Crippen LogP contribution in [-0.2, 0) is 9.47 Å². The van der Waals surface area contributed by atoms with Gasteiger partial charge in [-0.2, -0.15) is 0 Å². The number of para-hydroxylation sites is 1. The number of unbranched alkanes of at least 4 members (excludes halogenated alkanes) is 1. The third-order valence-electron chi connectivity index (χ3n) is 5.57. The standard InChI is InChI=1S/C28H34Br2O5S2/c1-4-11-23(19(5-2)21-16-36-27(29)25(21)31)33-14-9-10-15-34-24-13-8-7-12-20(24)22-17-37-28(30)26(22)35-18-32-6-3/h5,7-8,11-13,16-17,25,27,31H,4,6,9-10,14-15,18H2,1-3H3/b19-5-,23-11+. The van der Waals surface area contributed by atoms with E-state index in [1.165, 1.54) is 0 Å². The lowest BCUT2D eigenvalue weighted by Gasteiger charge is -2.18. The van der Waals surface area contributed by atoms with Gasteiger partial charge in [0.1, 0.15) is 21.4 Å². The second-order valence-corrected chi connectivity index (χ2v) is 12.9. The summed E-state index contributed by atoms with van der Waals surface area (Å²) in [7, 11) is 0. The van der Waals surface area contributed by atoms with E-state index in [1.54, 1.807) is 23.1 Å². The Balaban J connectivity index is 1.54. The fourth-order valence-electron chi connectivity index (χ4n) is 3.74. The topological polar surface area (TPSA) is 57.2 Å². The first-order valence-electron chi connectivity index (χ1n) is 12.4. The van der Waals surface area contributed by atoms with E-state index in [0.29, 0.717) is 19.8 Å². The molecule has 2 unspecified atom stereocenters. The Kier molecular flexibility index (Phi) is 13.1. The van der Waals surface area contributed by atoms with Crippen LogP contribution in [0.1, 0.15) is 40.0 Å². The number of halogens is 2. The van der Waals surface area contributed by atoms with E-state index < -0.39 is 6.10 Å². The maximum absolute atomic E-state index is 10.5. The van der Waals surface area contributed by atoms with Crippen LogP contribution in [-0.4, -0.2) is 42.0 Å². The lowest BCUT2D eigenvalue weighted by Crippen LogP contribution is -2.17. The van der Waals surface area contributed by atoms with E-state index >= 15 is 0 Å². The van der Waals surface area contributed by atoms with Gasteiger partial charge in [0.05, 0.1) is 17.4 Å². The van der Waals surface area contributed by atoms with Crippen LogP contribution >= 0.6 is 55.0 Å². The number of allylic oxidation sites excluding steroid dienone is 3. The normalized spacial score (nSPS) is 18.2. The lowest BCUT2D eigenvalue weighted by molar-refractivity contribution is 0.0226. The quantitative estimate of drug-likeness (QED) is 0.0671. The Morgan fingerprint density at radius 2 is 1.89 bits per heavy atom. The van der Waals surface area contributed by atoms with Crippen molar-refractivity contribution in [1.29, 1.82) is 0 Å². The summed E-state index contributed by atoms with van der Waals surface area (Å²) in [6.45, 7) is 7.97. The Morgan fingerprint density at radius 3 is 2.59 bits per heavy atom. The van der Waals surface area contributed by atoms with Crippen LogP contribution in [0, 0.1) is 0 Å². The van der Waals surface area contributed by atoms with Crippen LogP contribution in [0.4, 0.5) is 0 Å². The van der Waals surface area contributed by atoms with Crippen LogP contribution in [0.5, 0.6) is 11.5 Å². The van der Waals surface area contributed by atoms with Crippen molar-refractivity contribution in [3.63, 3.8) is 0 Å². The van der Waals surface area contributed by atoms with E-state index in [-0.39, 0.29) is 11.0 Å². The molecule has 2 atom stereocenters. The smallest absolute Gasteiger partial charge is 0.189 e. The second kappa shape index (κ2) is 16.0. The minimum Gasteiger partial charge on any atom is -0.493 e. The van der Waals surface area contributed by atoms with E-state index in [1.807, 2.05) is 49.6 Å². The highest BCUT2D eigenvalue weighted by Crippen LogP contribution is 2.45. The van der Waals surface area contributed by atoms with Crippen molar-refractivity contribution in [2.75, 3.05) is 26.6 Å². The molecule has 0 spiro atoms. The Morgan fingerprint density at radius 1 is 1.11 bits per heavy atom. The molecule has 1 aromatic carbocycles. The molecule has 2 heterocycles. The third kappa shape index (κ3) is 8.38. The van der Waals surface area contributed by atoms with Crippen molar-refractivity contribution < 1.29 is 24.1 Å². The molecule has 2 aromatic rings. The fourth-order valence-corrected chi connectivity index (χ4v) is 6.53. The first-order valence-corrected chi connectivity index (χ1v) is 15.9. The molecule has 9 heteroatoms. The minimum absolute atomic E-state index is 0.0251. The van der Waals surface area contributed by atoms with Crippen molar-refractivity contribution in [1.82, 2.24) is 0 Å². The zero-order valence-corrected chi connectivity index (χ0v) is 26.2. The summed E-state index contributed by atoms with van der Waals surface area (Å²) in [6.07, 6.45) is 6.09. The van der Waals surface area contributed by atoms with Crippen molar-refractivity contribution in [3.8, 4) is 22.6 Å². The van der Waals surface area contributed by atoms with E-state index in [9.17, 15) is 5.11 Å². The molecule has 5 nitrogen and oxygen atoms in total. The summed E-state index contributed by atoms with van der Waals surface area (Å²) in [4.78, 5) is 0. The highest BCUT2D eigenvalue weighted by atomic mass is 79.9. The molecule has 1 aliphatic rings. The van der Waals surface area contributed by atoms with Crippen LogP contribution in [0.15, 0.2) is 67.9 Å². The number of hydrogen-bond donors (Lipinski definition) is 1. The van der Waals surface area contributed by atoms with E-state index in [0.717, 1.165) is 62.6 Å². The van der Waals surface area contributed by atoms with Crippen LogP contribution in [0.3, 0.4) is 0 Å². The molecule has 202 valence electrons. The Labute approximate surface area is 245 Å². The summed E-state index contributed by atoms with van der Waals surface area (Å²) in [5.41, 5.74) is 3.83. The number of ether oxygens (including phenoxy) is 4. The fraction of sp³-hybridized carbons (Fsp3) is 0.429. The molecule has 1 aromatic heterocycles. The van der Waals surface area contributed by atoms with Crippen LogP contribution in [0.2, 0.25) is 0 Å². The molecule has 0 amide bonds. The molecule has 0 saturated carbocycles. The first kappa shape index (κ1) is 30.3. The molecule has 0 aliphatic carbocycles. The zero-order valence-electron chi connectivity index (χ0n) is 21.4. The molecule has 3 rings (SSSR count). The van der Waals surface area contributed by atoms with Gasteiger partial charge >= 0.3 is 0 Å². The molecule has 37 heavy (non-hydrogen) atoms. The molecule has 0 fully saturated rings. The molecule has 1 aliphatic heterocycles. The number of rotatable bonds is 15. The van der Waals surface area contributed by atoms with Gasteiger partial charge in [-0.25, -0.2) is 0 Å². The van der Waals surface area contributed by atoms with Crippen molar-refractivity contribution in [2.45, 2.75) is 50.3 Å². The average Bonchev–Trinajstić information content (AvgIpc) is 3.43. The van der Waals surface area contributed by atoms with Gasteiger partial charge in [0.15, 0.2) is 12.5 Å². The van der Waals surface area contributed by atoms with Crippen molar-refractivity contribution >= 4 is 55.0 Å². The number of thiophene rings is 1. The summed E-state index contributed by atoms with van der Waals surface area (Å²) < 4.78 is 24.5. The van der Waals surface area contributed by atoms with Gasteiger partial charge in [0, 0.05) is 28.7 Å². The van der Waals surface area contributed by atoms with Crippen LogP contribution in [0.25, 0.3) is 11.1 Å². The summed E-state index contributed by atoms with van der Waals surface area (Å²) in [6, 6.07) is 8.01. The average molecular weight is 675 g/mol. The maximum atomic E-state index is 10.5. The van der Waals surface area contributed by atoms with Crippen molar-refractivity contribution in [2.24, 2.45) is 0 Å². The molecule has 0 bridgehead atoms. The van der Waals surface area contributed by atoms with Crippen molar-refractivity contribution in [3.05, 3.63) is 67.9 Å². The molecular formula is C28H34Br2O5S2. The van der Waals surface area contributed by atoms with Gasteiger partial charge in [-0.05, 0) is 72.2 Å². The van der Waals surface area contributed by atoms with Gasteiger partial charge in [-0.1, -0.05) is 47.1 Å². The number of alkyl halides is 1. The number of thioether (sulfide) groups is 1. The Hall–Kier alpha value is -1.23. The second-order valence-electron chi connectivity index (χ2n) is 8.09. The molecule has 0 radical (unpaired) electrons. The predicted molar refractivity (Wildman–Crippen MR) is 162 cm³/mol. The monoisotopic (exact) mass is 672 g/mol. The van der Waals surface area contributed by atoms with Gasteiger partial charge in [0.2, 0.25) is 0 Å². The highest BCUT2D eigenvalue weighted by Gasteiger charge is 2.30. The lowest BCUT2D eigenvalue weighted by atomic mass is 10.0. The number of aliphatic hydroxyl groups is 1. The van der Waals surface area contributed by atoms with E-state index in [2.05, 4.69) is 50.2 Å². The number of hydrogen-bond acceptors (Lipinski definition) is 7. The summed E-state index contributed by atoms with van der Waals surface area (Å²) in [5, 5.41) is 14.6.